The Morgan fingerprint density at radius 2 is 1.88 bits per heavy atom. The average molecular weight is 566 g/mol. The Kier molecular flexibility index (Phi) is 6.79. The van der Waals surface area contributed by atoms with Crippen LogP contribution in [0.2, 0.25) is 0 Å². The lowest BCUT2D eigenvalue weighted by Gasteiger charge is -2.30. The molecule has 0 amide bonds. The Morgan fingerprint density at radius 1 is 1.12 bits per heavy atom. The van der Waals surface area contributed by atoms with E-state index >= 15 is 0 Å². The van der Waals surface area contributed by atoms with Crippen LogP contribution in [0.4, 0.5) is 5.82 Å². The molecule has 32 heavy (non-hydrogen) atoms. The highest BCUT2D eigenvalue weighted by molar-refractivity contribution is 14.2. The summed E-state index contributed by atoms with van der Waals surface area (Å²) >= 11 is 2.01. The number of hydrogen-bond donors (Lipinski definition) is 2. The molecule has 5 nitrogen and oxygen atoms in total. The molecule has 7 heteroatoms. The number of thiol groups is 1. The monoisotopic (exact) mass is 565 g/mol. The third-order valence-corrected chi connectivity index (χ3v) is 9.89. The highest BCUT2D eigenvalue weighted by Gasteiger charge is 2.21. The minimum atomic E-state index is -2.80. The smallest absolute Gasteiger partial charge is 0.180 e. The molecule has 0 aliphatic carbocycles. The van der Waals surface area contributed by atoms with Crippen molar-refractivity contribution >= 4 is 34.3 Å². The Balaban J connectivity index is 1.37. The van der Waals surface area contributed by atoms with Gasteiger partial charge in [-0.1, -0.05) is 56.3 Å². The van der Waals surface area contributed by atoms with Crippen molar-refractivity contribution in [3.8, 4) is 0 Å². The summed E-state index contributed by atoms with van der Waals surface area (Å²) in [5, 5.41) is 3.92. The summed E-state index contributed by atoms with van der Waals surface area (Å²) in [6.07, 6.45) is 2.04. The lowest BCUT2D eigenvalue weighted by atomic mass is 9.86. The van der Waals surface area contributed by atoms with Gasteiger partial charge in [0.25, 0.3) is 0 Å². The zero-order chi connectivity index (χ0) is 22.9. The van der Waals surface area contributed by atoms with Gasteiger partial charge in [-0.3, -0.25) is 13.8 Å². The number of aryl methyl sites for hydroxylation is 1. The Labute approximate surface area is 204 Å². The van der Waals surface area contributed by atoms with Crippen molar-refractivity contribution in [3.63, 3.8) is 0 Å². The third kappa shape index (κ3) is 5.61. The van der Waals surface area contributed by atoms with E-state index in [0.717, 1.165) is 37.4 Å². The minimum absolute atomic E-state index is 0.194. The highest BCUT2D eigenvalue weighted by Crippen LogP contribution is 2.31. The first-order valence-electron chi connectivity index (χ1n) is 11.1. The van der Waals surface area contributed by atoms with Gasteiger partial charge < -0.3 is 4.52 Å². The summed E-state index contributed by atoms with van der Waals surface area (Å²) in [4.78, 5) is 3.34. The number of aromatic nitrogens is 1. The number of fused-ring (bicyclic) bond motifs is 1. The van der Waals surface area contributed by atoms with E-state index in [1.807, 2.05) is 34.2 Å². The van der Waals surface area contributed by atoms with E-state index in [1.165, 1.54) is 22.3 Å². The van der Waals surface area contributed by atoms with E-state index < -0.39 is 7.29 Å². The van der Waals surface area contributed by atoms with Gasteiger partial charge in [-0.25, -0.2) is 0 Å². The van der Waals surface area contributed by atoms with E-state index in [1.54, 1.807) is 6.07 Å². The van der Waals surface area contributed by atoms with Crippen LogP contribution in [-0.2, 0) is 32.1 Å². The maximum absolute atomic E-state index is 13.3. The third-order valence-electron chi connectivity index (χ3n) is 6.04. The maximum Gasteiger partial charge on any atom is 0.180 e. The molecule has 0 bridgehead atoms. The summed E-state index contributed by atoms with van der Waals surface area (Å²) in [5.74, 6) is 1.21. The summed E-state index contributed by atoms with van der Waals surface area (Å²) in [6.45, 7) is 11.6. The number of rotatable bonds is 6. The van der Waals surface area contributed by atoms with Crippen LogP contribution in [-0.4, -0.2) is 27.4 Å². The molecule has 0 fully saturated rings. The molecule has 0 saturated heterocycles. The van der Waals surface area contributed by atoms with Gasteiger partial charge in [0.1, 0.15) is 5.76 Å². The van der Waals surface area contributed by atoms with E-state index in [0.29, 0.717) is 11.6 Å². The number of hydrogen-bond acceptors (Lipinski definition) is 4. The standard InChI is InChI=1S/C25H32IN3O2S/c1-18-15-24(27-31-18)28-32(26,30)23-10-7-21-17-29(14-12-20(21)16-23)13-11-19-5-8-22(9-6-19)25(2,3)4/h5-10,15-16,32H,11-14,17H2,1-4H3,(H,27,28,30). The number of halogens is 1. The number of nitrogens with zero attached hydrogens (tertiary/aromatic N) is 2. The van der Waals surface area contributed by atoms with E-state index in [4.69, 9.17) is 4.52 Å². The molecule has 172 valence electrons. The molecule has 2 aromatic carbocycles. The number of anilines is 1. The predicted octanol–water partition coefficient (Wildman–Crippen LogP) is 5.63. The molecular weight excluding hydrogens is 533 g/mol. The molecule has 2 heterocycles. The second-order valence-electron chi connectivity index (χ2n) is 9.64. The van der Waals surface area contributed by atoms with Crippen molar-refractivity contribution in [1.29, 1.82) is 0 Å². The van der Waals surface area contributed by atoms with Crippen molar-refractivity contribution < 1.29 is 8.73 Å². The molecule has 1 aromatic heterocycles. The van der Waals surface area contributed by atoms with Crippen LogP contribution in [0, 0.1) is 6.92 Å². The Morgan fingerprint density at radius 3 is 2.53 bits per heavy atom. The van der Waals surface area contributed by atoms with Crippen molar-refractivity contribution in [1.82, 2.24) is 10.1 Å². The molecule has 3 aromatic rings. The molecule has 1 aliphatic rings. The van der Waals surface area contributed by atoms with Gasteiger partial charge in [0, 0.05) is 59.1 Å². The van der Waals surface area contributed by atoms with E-state index in [9.17, 15) is 4.21 Å². The zero-order valence-corrected chi connectivity index (χ0v) is 22.2. The molecule has 0 saturated carbocycles. The van der Waals surface area contributed by atoms with Crippen LogP contribution >= 0.6 is 21.2 Å². The molecular formula is C25H32IN3O2S. The van der Waals surface area contributed by atoms with Gasteiger partial charge in [0.15, 0.2) is 5.82 Å². The van der Waals surface area contributed by atoms with Gasteiger partial charge in [-0.05, 0) is 59.6 Å². The Hall–Kier alpha value is -1.71. The maximum atomic E-state index is 13.3. The first-order valence-corrected chi connectivity index (χ1v) is 15.5. The van der Waals surface area contributed by atoms with Crippen LogP contribution in [0.5, 0.6) is 0 Å². The number of benzene rings is 2. The summed E-state index contributed by atoms with van der Waals surface area (Å²) in [6, 6.07) is 17.1. The SMILES string of the molecule is Cc1cc(N[SH](=O)(I)c2ccc3c(c2)CCN(CCc2ccc(C(C)(C)C)cc2)C3)no1. The number of nitrogens with one attached hydrogen (secondary N) is 1. The van der Waals surface area contributed by atoms with Gasteiger partial charge in [0.05, 0.1) is 0 Å². The molecule has 1 aliphatic heterocycles. The van der Waals surface area contributed by atoms with Gasteiger partial charge in [0.2, 0.25) is 0 Å². The second kappa shape index (κ2) is 9.27. The van der Waals surface area contributed by atoms with E-state index in [2.05, 4.69) is 71.9 Å². The van der Waals surface area contributed by atoms with Crippen LogP contribution in [0.1, 0.15) is 48.8 Å². The molecule has 0 radical (unpaired) electrons. The Bertz CT molecular complexity index is 1130. The molecule has 1 N–H and O–H groups in total. The van der Waals surface area contributed by atoms with Crippen molar-refractivity contribution in [2.24, 2.45) is 0 Å². The summed E-state index contributed by atoms with van der Waals surface area (Å²) in [7, 11) is -2.80. The lowest BCUT2D eigenvalue weighted by Crippen LogP contribution is -2.32. The molecule has 0 unspecified atom stereocenters. The summed E-state index contributed by atoms with van der Waals surface area (Å²) in [5.41, 5.74) is 5.59. The van der Waals surface area contributed by atoms with Crippen LogP contribution in [0.15, 0.2) is 57.9 Å². The first-order chi connectivity index (χ1) is 15.1. The fraction of sp³-hybridized carbons (Fsp3) is 0.400. The van der Waals surface area contributed by atoms with Gasteiger partial charge >= 0.3 is 0 Å². The fourth-order valence-corrected chi connectivity index (χ4v) is 6.82. The molecule has 4 rings (SSSR count). The van der Waals surface area contributed by atoms with Crippen LogP contribution < -0.4 is 4.72 Å². The van der Waals surface area contributed by atoms with Crippen molar-refractivity contribution in [2.75, 3.05) is 17.8 Å². The molecule has 0 spiro atoms. The van der Waals surface area contributed by atoms with Gasteiger partial charge in [-0.2, -0.15) is 0 Å². The topological polar surface area (TPSA) is 58.4 Å². The summed E-state index contributed by atoms with van der Waals surface area (Å²) < 4.78 is 21.4. The minimum Gasteiger partial charge on any atom is -0.360 e. The van der Waals surface area contributed by atoms with Crippen molar-refractivity contribution in [2.45, 2.75) is 57.4 Å². The van der Waals surface area contributed by atoms with Crippen LogP contribution in [0.3, 0.4) is 0 Å². The second-order valence-corrected chi connectivity index (χ2v) is 15.5. The zero-order valence-electron chi connectivity index (χ0n) is 19.2. The molecule has 0 atom stereocenters. The predicted molar refractivity (Wildman–Crippen MR) is 141 cm³/mol. The van der Waals surface area contributed by atoms with Crippen LogP contribution in [0.25, 0.3) is 0 Å². The highest BCUT2D eigenvalue weighted by atomic mass is 127. The van der Waals surface area contributed by atoms with Crippen molar-refractivity contribution in [3.05, 3.63) is 76.5 Å². The normalized spacial score (nSPS) is 15.4. The largest absolute Gasteiger partial charge is 0.360 e. The van der Waals surface area contributed by atoms with Gasteiger partial charge in [-0.15, -0.1) is 0 Å². The van der Waals surface area contributed by atoms with E-state index in [-0.39, 0.29) is 5.41 Å². The lowest BCUT2D eigenvalue weighted by molar-refractivity contribution is 0.257. The quantitative estimate of drug-likeness (QED) is 0.231. The first kappa shape index (κ1) is 23.4. The average Bonchev–Trinajstić information content (AvgIpc) is 3.15. The fourth-order valence-electron chi connectivity index (χ4n) is 4.06.